The quantitative estimate of drug-likeness (QED) is 0.735. The Morgan fingerprint density at radius 2 is 1.63 bits per heavy atom. The highest BCUT2D eigenvalue weighted by Gasteiger charge is 2.08. The van der Waals surface area contributed by atoms with E-state index in [0.29, 0.717) is 0 Å². The molecular weight excluding hydrogens is 232 g/mol. The number of hydrogen-bond acceptors (Lipinski definition) is 1. The first-order valence-corrected chi connectivity index (χ1v) is 6.88. The maximum Gasteiger partial charge on any atom is 0.138 e. The van der Waals surface area contributed by atoms with Crippen LogP contribution in [0.4, 0.5) is 0 Å². The lowest BCUT2D eigenvalue weighted by atomic mass is 10.0. The van der Waals surface area contributed by atoms with Crippen LogP contribution < -0.4 is 0 Å². The van der Waals surface area contributed by atoms with Gasteiger partial charge in [0.15, 0.2) is 0 Å². The molecule has 3 aromatic rings. The molecule has 1 N–H and O–H groups in total. The Morgan fingerprint density at radius 1 is 0.947 bits per heavy atom. The number of fused-ring (bicyclic) bond motifs is 1. The van der Waals surface area contributed by atoms with Gasteiger partial charge in [-0.2, -0.15) is 0 Å². The van der Waals surface area contributed by atoms with E-state index in [4.69, 9.17) is 4.98 Å². The summed E-state index contributed by atoms with van der Waals surface area (Å²) in [6.45, 7) is 4.40. The van der Waals surface area contributed by atoms with Crippen LogP contribution in [0.2, 0.25) is 0 Å². The zero-order valence-electron chi connectivity index (χ0n) is 11.4. The van der Waals surface area contributed by atoms with Crippen LogP contribution in [0.5, 0.6) is 0 Å². The topological polar surface area (TPSA) is 28.7 Å². The number of H-pyrrole nitrogens is 1. The highest BCUT2D eigenvalue weighted by atomic mass is 14.9. The molecule has 19 heavy (non-hydrogen) atoms. The minimum absolute atomic E-state index is 0.950. The first-order chi connectivity index (χ1) is 9.31. The van der Waals surface area contributed by atoms with Gasteiger partial charge in [-0.1, -0.05) is 44.2 Å². The number of hydrogen-bond donors (Lipinski definition) is 1. The van der Waals surface area contributed by atoms with Crippen molar-refractivity contribution in [3.05, 3.63) is 53.6 Å². The van der Waals surface area contributed by atoms with Crippen molar-refractivity contribution < 1.29 is 0 Å². The van der Waals surface area contributed by atoms with Gasteiger partial charge in [0.2, 0.25) is 0 Å². The lowest BCUT2D eigenvalue weighted by Crippen LogP contribution is -1.90. The van der Waals surface area contributed by atoms with Crippen molar-refractivity contribution in [2.24, 2.45) is 0 Å². The van der Waals surface area contributed by atoms with E-state index in [-0.39, 0.29) is 0 Å². The average molecular weight is 250 g/mol. The Kier molecular flexibility index (Phi) is 3.08. The molecule has 0 atom stereocenters. The van der Waals surface area contributed by atoms with Crippen LogP contribution in [0.15, 0.2) is 42.5 Å². The van der Waals surface area contributed by atoms with Gasteiger partial charge in [0.05, 0.1) is 11.0 Å². The smallest absolute Gasteiger partial charge is 0.138 e. The van der Waals surface area contributed by atoms with Crippen molar-refractivity contribution in [3.63, 3.8) is 0 Å². The standard InChI is InChI=1S/C17H18N2/c1-3-12-10-15-16(11-13(12)4-2)19-17(18-15)14-8-6-5-7-9-14/h5-11H,3-4H2,1-2H3,(H,18,19). The van der Waals surface area contributed by atoms with Crippen LogP contribution in [0.3, 0.4) is 0 Å². The summed E-state index contributed by atoms with van der Waals surface area (Å²) in [5.74, 6) is 0.950. The van der Waals surface area contributed by atoms with E-state index in [9.17, 15) is 0 Å². The van der Waals surface area contributed by atoms with Gasteiger partial charge in [0, 0.05) is 5.56 Å². The van der Waals surface area contributed by atoms with Crippen LogP contribution in [0.25, 0.3) is 22.4 Å². The van der Waals surface area contributed by atoms with Gasteiger partial charge in [0.25, 0.3) is 0 Å². The summed E-state index contributed by atoms with van der Waals surface area (Å²) in [5.41, 5.74) is 6.15. The molecule has 0 saturated carbocycles. The van der Waals surface area contributed by atoms with E-state index in [2.05, 4.69) is 43.1 Å². The minimum Gasteiger partial charge on any atom is -0.338 e. The number of nitrogens with one attached hydrogen (secondary N) is 1. The molecule has 0 unspecified atom stereocenters. The van der Waals surface area contributed by atoms with Gasteiger partial charge in [-0.3, -0.25) is 0 Å². The zero-order valence-corrected chi connectivity index (χ0v) is 11.4. The van der Waals surface area contributed by atoms with Crippen LogP contribution >= 0.6 is 0 Å². The average Bonchev–Trinajstić information content (AvgIpc) is 2.89. The summed E-state index contributed by atoms with van der Waals surface area (Å²) in [6.07, 6.45) is 2.13. The molecule has 2 heteroatoms. The van der Waals surface area contributed by atoms with Gasteiger partial charge in [0.1, 0.15) is 5.82 Å². The van der Waals surface area contributed by atoms with Crippen molar-refractivity contribution >= 4 is 11.0 Å². The molecule has 0 spiro atoms. The van der Waals surface area contributed by atoms with Crippen LogP contribution in [0, 0.1) is 0 Å². The Morgan fingerprint density at radius 3 is 2.32 bits per heavy atom. The minimum atomic E-state index is 0.950. The number of benzene rings is 2. The van der Waals surface area contributed by atoms with Gasteiger partial charge < -0.3 is 4.98 Å². The number of imidazole rings is 1. The predicted molar refractivity (Wildman–Crippen MR) is 80.3 cm³/mol. The normalized spacial score (nSPS) is 11.1. The first-order valence-electron chi connectivity index (χ1n) is 6.88. The SMILES string of the molecule is CCc1cc2nc(-c3ccccc3)[nH]c2cc1CC. The summed E-state index contributed by atoms with van der Waals surface area (Å²) in [5, 5.41) is 0. The van der Waals surface area contributed by atoms with Crippen LogP contribution in [-0.4, -0.2) is 9.97 Å². The molecule has 2 nitrogen and oxygen atoms in total. The lowest BCUT2D eigenvalue weighted by Gasteiger charge is -2.04. The Balaban J connectivity index is 2.16. The molecule has 0 aliphatic rings. The predicted octanol–water partition coefficient (Wildman–Crippen LogP) is 4.35. The Labute approximate surface area is 113 Å². The van der Waals surface area contributed by atoms with Crippen molar-refractivity contribution in [2.45, 2.75) is 26.7 Å². The third kappa shape index (κ3) is 2.14. The molecule has 0 saturated heterocycles. The fraction of sp³-hybridized carbons (Fsp3) is 0.235. The monoisotopic (exact) mass is 250 g/mol. The first kappa shape index (κ1) is 12.0. The lowest BCUT2D eigenvalue weighted by molar-refractivity contribution is 1.04. The fourth-order valence-corrected chi connectivity index (χ4v) is 2.54. The highest BCUT2D eigenvalue weighted by molar-refractivity contribution is 5.81. The molecule has 3 rings (SSSR count). The maximum absolute atomic E-state index is 4.71. The molecule has 2 aromatic carbocycles. The highest BCUT2D eigenvalue weighted by Crippen LogP contribution is 2.23. The van der Waals surface area contributed by atoms with Crippen LogP contribution in [0.1, 0.15) is 25.0 Å². The largest absolute Gasteiger partial charge is 0.338 e. The second-order valence-electron chi connectivity index (χ2n) is 4.80. The van der Waals surface area contributed by atoms with Gasteiger partial charge in [-0.25, -0.2) is 4.98 Å². The van der Waals surface area contributed by atoms with E-state index in [1.54, 1.807) is 0 Å². The molecule has 96 valence electrons. The van der Waals surface area contributed by atoms with E-state index in [1.165, 1.54) is 11.1 Å². The molecule has 0 aliphatic heterocycles. The molecule has 1 aromatic heterocycles. The number of aromatic amines is 1. The maximum atomic E-state index is 4.71. The Bertz CT molecular complexity index is 655. The Hall–Kier alpha value is -2.09. The van der Waals surface area contributed by atoms with Crippen molar-refractivity contribution in [1.29, 1.82) is 0 Å². The van der Waals surface area contributed by atoms with E-state index in [1.807, 2.05) is 18.2 Å². The van der Waals surface area contributed by atoms with Crippen molar-refractivity contribution in [1.82, 2.24) is 9.97 Å². The molecule has 1 heterocycles. The molecule has 0 bridgehead atoms. The number of rotatable bonds is 3. The van der Waals surface area contributed by atoms with Gasteiger partial charge >= 0.3 is 0 Å². The molecule has 0 fully saturated rings. The van der Waals surface area contributed by atoms with E-state index in [0.717, 1.165) is 35.3 Å². The number of aryl methyl sites for hydroxylation is 2. The van der Waals surface area contributed by atoms with E-state index < -0.39 is 0 Å². The summed E-state index contributed by atoms with van der Waals surface area (Å²) in [6, 6.07) is 14.7. The summed E-state index contributed by atoms with van der Waals surface area (Å²) >= 11 is 0. The van der Waals surface area contributed by atoms with Crippen molar-refractivity contribution in [2.75, 3.05) is 0 Å². The van der Waals surface area contributed by atoms with Gasteiger partial charge in [-0.05, 0) is 36.1 Å². The molecule has 0 radical (unpaired) electrons. The summed E-state index contributed by atoms with van der Waals surface area (Å²) < 4.78 is 0. The zero-order chi connectivity index (χ0) is 13.2. The molecular formula is C17H18N2. The second kappa shape index (κ2) is 4.88. The summed E-state index contributed by atoms with van der Waals surface area (Å²) in [4.78, 5) is 8.14. The second-order valence-corrected chi connectivity index (χ2v) is 4.80. The fourth-order valence-electron chi connectivity index (χ4n) is 2.54. The van der Waals surface area contributed by atoms with Crippen molar-refractivity contribution in [3.8, 4) is 11.4 Å². The van der Waals surface area contributed by atoms with Gasteiger partial charge in [-0.15, -0.1) is 0 Å². The number of aromatic nitrogens is 2. The summed E-state index contributed by atoms with van der Waals surface area (Å²) in [7, 11) is 0. The van der Waals surface area contributed by atoms with E-state index >= 15 is 0 Å². The number of nitrogens with zero attached hydrogens (tertiary/aromatic N) is 1. The third-order valence-corrected chi connectivity index (χ3v) is 3.61. The molecule has 0 amide bonds. The van der Waals surface area contributed by atoms with Crippen LogP contribution in [-0.2, 0) is 12.8 Å². The molecule has 0 aliphatic carbocycles. The third-order valence-electron chi connectivity index (χ3n) is 3.61.